The van der Waals surface area contributed by atoms with Gasteiger partial charge < -0.3 is 5.11 Å². The smallest absolute Gasteiger partial charge is 0.323 e. The van der Waals surface area contributed by atoms with Gasteiger partial charge in [-0.1, -0.05) is 54.1 Å². The molecule has 2 aromatic rings. The van der Waals surface area contributed by atoms with Gasteiger partial charge in [0.2, 0.25) is 0 Å². The molecule has 1 N–H and O–H groups in total. The fourth-order valence-corrected chi connectivity index (χ4v) is 2.19. The minimum atomic E-state index is -1.20. The zero-order valence-corrected chi connectivity index (χ0v) is 11.9. The predicted octanol–water partition coefficient (Wildman–Crippen LogP) is 4.24. The molecule has 0 aliphatic carbocycles. The number of hydrogen-bond acceptors (Lipinski definition) is 2. The van der Waals surface area contributed by atoms with Crippen LogP contribution in [0, 0.1) is 0 Å². The van der Waals surface area contributed by atoms with Crippen molar-refractivity contribution in [2.75, 3.05) is 0 Å². The van der Waals surface area contributed by atoms with Crippen LogP contribution in [0.25, 0.3) is 11.1 Å². The lowest BCUT2D eigenvalue weighted by atomic mass is 9.97. The monoisotopic (exact) mass is 292 g/mol. The van der Waals surface area contributed by atoms with Crippen molar-refractivity contribution in [1.82, 2.24) is 0 Å². The Kier molecular flexibility index (Phi) is 3.88. The van der Waals surface area contributed by atoms with Crippen molar-refractivity contribution < 1.29 is 9.90 Å². The van der Waals surface area contributed by atoms with E-state index in [4.69, 9.17) is 16.7 Å². The number of carbonyl (C=O) groups is 1. The van der Waals surface area contributed by atoms with Crippen molar-refractivity contribution >= 4 is 30.2 Å². The van der Waals surface area contributed by atoms with Gasteiger partial charge in [0.15, 0.2) is 0 Å². The largest absolute Gasteiger partial charge is 0.480 e. The summed E-state index contributed by atoms with van der Waals surface area (Å²) in [5.74, 6) is -0.971. The first-order chi connectivity index (χ1) is 8.93. The van der Waals surface area contributed by atoms with Crippen molar-refractivity contribution in [1.29, 1.82) is 0 Å². The number of carboxylic acids is 1. The molecule has 1 atom stereocenters. The van der Waals surface area contributed by atoms with E-state index in [2.05, 4.69) is 12.6 Å². The molecular weight excluding hydrogens is 280 g/mol. The molecule has 0 aliphatic rings. The van der Waals surface area contributed by atoms with Crippen molar-refractivity contribution in [3.05, 3.63) is 59.1 Å². The van der Waals surface area contributed by atoms with E-state index in [9.17, 15) is 4.79 Å². The molecule has 0 amide bonds. The first-order valence-electron chi connectivity index (χ1n) is 5.74. The summed E-state index contributed by atoms with van der Waals surface area (Å²) in [7, 11) is 0. The van der Waals surface area contributed by atoms with Crippen LogP contribution in [0.2, 0.25) is 5.02 Å². The standard InChI is InChI=1S/C15H13ClO2S/c1-15(19,14(17)18)11-8-6-10(7-9-11)12-4-2-3-5-13(12)16/h2-9,19H,1H3,(H,17,18). The topological polar surface area (TPSA) is 37.3 Å². The molecule has 2 rings (SSSR count). The molecule has 19 heavy (non-hydrogen) atoms. The summed E-state index contributed by atoms with van der Waals surface area (Å²) in [6, 6.07) is 14.8. The second-order valence-corrected chi connectivity index (χ2v) is 5.74. The van der Waals surface area contributed by atoms with Crippen LogP contribution in [0.15, 0.2) is 48.5 Å². The summed E-state index contributed by atoms with van der Waals surface area (Å²) in [6.45, 7) is 1.56. The number of carboxylic acid groups (broad SMARTS) is 1. The highest BCUT2D eigenvalue weighted by atomic mass is 35.5. The van der Waals surface area contributed by atoms with E-state index in [0.29, 0.717) is 10.6 Å². The minimum Gasteiger partial charge on any atom is -0.480 e. The lowest BCUT2D eigenvalue weighted by molar-refractivity contribution is -0.139. The molecule has 0 radical (unpaired) electrons. The number of hydrogen-bond donors (Lipinski definition) is 2. The van der Waals surface area contributed by atoms with Crippen LogP contribution >= 0.6 is 24.2 Å². The van der Waals surface area contributed by atoms with E-state index in [1.807, 2.05) is 36.4 Å². The van der Waals surface area contributed by atoms with Gasteiger partial charge in [0.1, 0.15) is 4.75 Å². The van der Waals surface area contributed by atoms with Gasteiger partial charge >= 0.3 is 5.97 Å². The summed E-state index contributed by atoms with van der Waals surface area (Å²) >= 11 is 10.3. The second-order valence-electron chi connectivity index (χ2n) is 4.43. The van der Waals surface area contributed by atoms with Crippen molar-refractivity contribution in [3.8, 4) is 11.1 Å². The Morgan fingerprint density at radius 2 is 1.74 bits per heavy atom. The molecule has 0 aliphatic heterocycles. The van der Waals surface area contributed by atoms with E-state index < -0.39 is 10.7 Å². The van der Waals surface area contributed by atoms with Crippen LogP contribution in [0.4, 0.5) is 0 Å². The number of halogens is 1. The van der Waals surface area contributed by atoms with Gasteiger partial charge in [-0.2, -0.15) is 12.6 Å². The highest BCUT2D eigenvalue weighted by Gasteiger charge is 2.30. The van der Waals surface area contributed by atoms with Crippen LogP contribution < -0.4 is 0 Å². The number of aliphatic carboxylic acids is 1. The summed E-state index contributed by atoms with van der Waals surface area (Å²) in [4.78, 5) is 11.1. The molecule has 0 aromatic heterocycles. The van der Waals surface area contributed by atoms with E-state index in [1.54, 1.807) is 19.1 Å². The zero-order chi connectivity index (χ0) is 14.0. The zero-order valence-electron chi connectivity index (χ0n) is 10.3. The maximum Gasteiger partial charge on any atom is 0.323 e. The first-order valence-corrected chi connectivity index (χ1v) is 6.56. The fourth-order valence-electron chi connectivity index (χ4n) is 1.79. The number of rotatable bonds is 3. The lowest BCUT2D eigenvalue weighted by Gasteiger charge is -2.19. The van der Waals surface area contributed by atoms with Gasteiger partial charge in [0.25, 0.3) is 0 Å². The van der Waals surface area contributed by atoms with Crippen molar-refractivity contribution in [2.24, 2.45) is 0 Å². The molecule has 0 heterocycles. The molecule has 0 spiro atoms. The predicted molar refractivity (Wildman–Crippen MR) is 80.9 cm³/mol. The van der Waals surface area contributed by atoms with Gasteiger partial charge in [0, 0.05) is 10.6 Å². The quantitative estimate of drug-likeness (QED) is 0.831. The third-order valence-electron chi connectivity index (χ3n) is 3.05. The molecule has 1 unspecified atom stereocenters. The van der Waals surface area contributed by atoms with Crippen molar-refractivity contribution in [2.45, 2.75) is 11.7 Å². The third kappa shape index (κ3) is 2.77. The van der Waals surface area contributed by atoms with Gasteiger partial charge in [-0.3, -0.25) is 4.79 Å². The Bertz CT molecular complexity index is 606. The summed E-state index contributed by atoms with van der Waals surface area (Å²) in [5, 5.41) is 9.80. The maximum absolute atomic E-state index is 11.1. The van der Waals surface area contributed by atoms with Crippen molar-refractivity contribution in [3.63, 3.8) is 0 Å². The van der Waals surface area contributed by atoms with Gasteiger partial charge in [-0.25, -0.2) is 0 Å². The Hall–Kier alpha value is -1.45. The highest BCUT2D eigenvalue weighted by molar-refractivity contribution is 7.82. The van der Waals surface area contributed by atoms with Crippen LogP contribution in [-0.2, 0) is 9.54 Å². The normalized spacial score (nSPS) is 13.8. The first kappa shape index (κ1) is 14.0. The Morgan fingerprint density at radius 1 is 1.16 bits per heavy atom. The minimum absolute atomic E-state index is 0.638. The fraction of sp³-hybridized carbons (Fsp3) is 0.133. The molecule has 0 fully saturated rings. The van der Waals surface area contributed by atoms with Gasteiger partial charge in [-0.15, -0.1) is 0 Å². The number of benzene rings is 2. The summed E-state index contributed by atoms with van der Waals surface area (Å²) < 4.78 is -1.20. The van der Waals surface area contributed by atoms with E-state index >= 15 is 0 Å². The van der Waals surface area contributed by atoms with E-state index in [0.717, 1.165) is 11.1 Å². The van der Waals surface area contributed by atoms with Gasteiger partial charge in [0.05, 0.1) is 0 Å². The van der Waals surface area contributed by atoms with Crippen LogP contribution in [0.1, 0.15) is 12.5 Å². The number of thiol groups is 1. The van der Waals surface area contributed by atoms with E-state index in [-0.39, 0.29) is 0 Å². The van der Waals surface area contributed by atoms with Crippen LogP contribution in [0.3, 0.4) is 0 Å². The third-order valence-corrected chi connectivity index (χ3v) is 3.83. The Labute approximate surface area is 122 Å². The second kappa shape index (κ2) is 5.27. The van der Waals surface area contributed by atoms with Crippen LogP contribution in [0.5, 0.6) is 0 Å². The Balaban J connectivity index is 2.40. The molecule has 2 nitrogen and oxygen atoms in total. The SMILES string of the molecule is CC(S)(C(=O)O)c1ccc(-c2ccccc2Cl)cc1. The molecular formula is C15H13ClO2S. The van der Waals surface area contributed by atoms with Crippen LogP contribution in [-0.4, -0.2) is 11.1 Å². The highest BCUT2D eigenvalue weighted by Crippen LogP contribution is 2.32. The lowest BCUT2D eigenvalue weighted by Crippen LogP contribution is -2.25. The maximum atomic E-state index is 11.1. The summed E-state index contributed by atoms with van der Waals surface area (Å²) in [6.07, 6.45) is 0. The molecule has 2 aromatic carbocycles. The molecule has 98 valence electrons. The van der Waals surface area contributed by atoms with Gasteiger partial charge in [-0.05, 0) is 24.1 Å². The molecule has 0 bridgehead atoms. The molecule has 4 heteroatoms. The Morgan fingerprint density at radius 3 is 2.26 bits per heavy atom. The average molecular weight is 293 g/mol. The molecule has 0 saturated carbocycles. The molecule has 0 saturated heterocycles. The van der Waals surface area contributed by atoms with E-state index in [1.165, 1.54) is 0 Å². The average Bonchev–Trinajstić information content (AvgIpc) is 2.39. The summed E-state index contributed by atoms with van der Waals surface area (Å²) in [5.41, 5.74) is 2.51.